The summed E-state index contributed by atoms with van der Waals surface area (Å²) in [6.07, 6.45) is -2.07. The van der Waals surface area contributed by atoms with Crippen LogP contribution in [-0.2, 0) is 35.4 Å². The SMILES string of the molecule is COCC(=O)NCCC(C)(C)CN(C[C@@H](O)[C@H](Cc1ccccc1)N(C(=O)O)[C@H]1CO[C@H]2OCC[C@H]21)S(=O)(=O)c1ccc2c(c1)OCO2. The molecule has 5 atom stereocenters. The Bertz CT molecular complexity index is 1520. The van der Waals surface area contributed by atoms with Crippen molar-refractivity contribution >= 4 is 22.0 Å². The van der Waals surface area contributed by atoms with Crippen LogP contribution in [0.1, 0.15) is 32.3 Å². The van der Waals surface area contributed by atoms with Gasteiger partial charge in [-0.05, 0) is 42.4 Å². The first kappa shape index (κ1) is 35.8. The third kappa shape index (κ3) is 8.39. The van der Waals surface area contributed by atoms with Gasteiger partial charge in [0.2, 0.25) is 22.7 Å². The summed E-state index contributed by atoms with van der Waals surface area (Å²) < 4.78 is 57.1. The molecule has 2 saturated heterocycles. The Morgan fingerprint density at radius 3 is 2.58 bits per heavy atom. The number of carboxylic acid groups (broad SMARTS) is 1. The number of amides is 2. The lowest BCUT2D eigenvalue weighted by atomic mass is 9.89. The molecule has 0 aliphatic carbocycles. The number of aliphatic hydroxyl groups excluding tert-OH is 1. The molecule has 2 amide bonds. The van der Waals surface area contributed by atoms with Gasteiger partial charge in [0.05, 0.1) is 36.3 Å². The first-order valence-corrected chi connectivity index (χ1v) is 17.5. The maximum atomic E-state index is 14.4. The van der Waals surface area contributed by atoms with Crippen molar-refractivity contribution < 1.29 is 51.9 Å². The first-order chi connectivity index (χ1) is 22.9. The van der Waals surface area contributed by atoms with E-state index in [1.54, 1.807) is 0 Å². The number of hydrogen-bond acceptors (Lipinski definition) is 10. The highest BCUT2D eigenvalue weighted by Gasteiger charge is 2.49. The van der Waals surface area contributed by atoms with Crippen molar-refractivity contribution in [1.29, 1.82) is 0 Å². The molecule has 2 fully saturated rings. The smallest absolute Gasteiger partial charge is 0.407 e. The summed E-state index contributed by atoms with van der Waals surface area (Å²) in [7, 11) is -2.85. The monoisotopic (exact) mass is 691 g/mol. The molecule has 0 radical (unpaired) electrons. The quantitative estimate of drug-likeness (QED) is 0.236. The predicted molar refractivity (Wildman–Crippen MR) is 172 cm³/mol. The second kappa shape index (κ2) is 15.4. The zero-order chi connectivity index (χ0) is 34.5. The molecule has 2 aromatic rings. The van der Waals surface area contributed by atoms with Crippen molar-refractivity contribution in [2.45, 2.75) is 62.5 Å². The summed E-state index contributed by atoms with van der Waals surface area (Å²) in [5.74, 6) is 0.190. The number of carbonyl (C=O) groups excluding carboxylic acids is 1. The molecule has 15 heteroatoms. The molecule has 0 bridgehead atoms. The van der Waals surface area contributed by atoms with E-state index in [9.17, 15) is 28.2 Å². The number of fused-ring (bicyclic) bond motifs is 2. The summed E-state index contributed by atoms with van der Waals surface area (Å²) in [5.41, 5.74) is 0.0988. The van der Waals surface area contributed by atoms with Crippen LogP contribution in [0.2, 0.25) is 0 Å². The highest BCUT2D eigenvalue weighted by atomic mass is 32.2. The average Bonchev–Trinajstić information content (AvgIpc) is 3.79. The Kier molecular flexibility index (Phi) is 11.5. The molecule has 0 aromatic heterocycles. The van der Waals surface area contributed by atoms with Crippen molar-refractivity contribution in [3.63, 3.8) is 0 Å². The van der Waals surface area contributed by atoms with E-state index in [2.05, 4.69) is 5.32 Å². The van der Waals surface area contributed by atoms with Crippen LogP contribution in [0.5, 0.6) is 11.5 Å². The van der Waals surface area contributed by atoms with Gasteiger partial charge in [0.1, 0.15) is 6.61 Å². The zero-order valence-corrected chi connectivity index (χ0v) is 28.3. The molecule has 2 aromatic carbocycles. The van der Waals surface area contributed by atoms with E-state index in [0.717, 1.165) is 5.56 Å². The van der Waals surface area contributed by atoms with Crippen molar-refractivity contribution in [2.75, 3.05) is 53.4 Å². The molecule has 0 saturated carbocycles. The lowest BCUT2D eigenvalue weighted by Crippen LogP contribution is -2.58. The van der Waals surface area contributed by atoms with E-state index < -0.39 is 52.6 Å². The van der Waals surface area contributed by atoms with Crippen LogP contribution in [0.15, 0.2) is 53.4 Å². The van der Waals surface area contributed by atoms with Crippen molar-refractivity contribution in [3.05, 3.63) is 54.1 Å². The number of nitrogens with zero attached hydrogens (tertiary/aromatic N) is 2. The van der Waals surface area contributed by atoms with E-state index in [0.29, 0.717) is 25.2 Å². The summed E-state index contributed by atoms with van der Waals surface area (Å²) in [6, 6.07) is 11.9. The van der Waals surface area contributed by atoms with Crippen LogP contribution < -0.4 is 14.8 Å². The summed E-state index contributed by atoms with van der Waals surface area (Å²) in [4.78, 5) is 26.2. The van der Waals surface area contributed by atoms with Crippen LogP contribution >= 0.6 is 0 Å². The van der Waals surface area contributed by atoms with Crippen LogP contribution in [0, 0.1) is 11.3 Å². The number of aliphatic hydroxyl groups is 1. The number of hydrogen-bond donors (Lipinski definition) is 3. The number of benzene rings is 2. The van der Waals surface area contributed by atoms with Gasteiger partial charge in [-0.2, -0.15) is 4.31 Å². The number of carbonyl (C=O) groups is 2. The normalized spacial score (nSPS) is 21.6. The Morgan fingerprint density at radius 1 is 1.10 bits per heavy atom. The molecule has 3 heterocycles. The van der Waals surface area contributed by atoms with Gasteiger partial charge < -0.3 is 39.2 Å². The topological polar surface area (TPSA) is 173 Å². The minimum atomic E-state index is -4.27. The van der Waals surface area contributed by atoms with Crippen LogP contribution in [-0.4, -0.2) is 118 Å². The van der Waals surface area contributed by atoms with Gasteiger partial charge in [0.25, 0.3) is 0 Å². The molecule has 14 nitrogen and oxygen atoms in total. The molecule has 3 aliphatic heterocycles. The van der Waals surface area contributed by atoms with E-state index in [1.165, 1.54) is 34.5 Å². The molecule has 3 N–H and O–H groups in total. The third-order valence-corrected chi connectivity index (χ3v) is 10.9. The fourth-order valence-corrected chi connectivity index (χ4v) is 8.24. The zero-order valence-electron chi connectivity index (χ0n) is 27.4. The number of sulfonamides is 1. The summed E-state index contributed by atoms with van der Waals surface area (Å²) >= 11 is 0. The fraction of sp³-hybridized carbons (Fsp3) is 0.576. The lowest BCUT2D eigenvalue weighted by molar-refractivity contribution is -0.124. The maximum absolute atomic E-state index is 14.4. The van der Waals surface area contributed by atoms with Gasteiger partial charge >= 0.3 is 6.09 Å². The Labute approximate surface area is 280 Å². The number of rotatable bonds is 16. The Balaban J connectivity index is 1.46. The van der Waals surface area contributed by atoms with Crippen LogP contribution in [0.4, 0.5) is 4.79 Å². The van der Waals surface area contributed by atoms with E-state index in [1.807, 2.05) is 44.2 Å². The van der Waals surface area contributed by atoms with Crippen LogP contribution in [0.25, 0.3) is 0 Å². The fourth-order valence-electron chi connectivity index (χ4n) is 6.58. The van der Waals surface area contributed by atoms with Gasteiger partial charge in [-0.15, -0.1) is 0 Å². The number of methoxy groups -OCH3 is 1. The predicted octanol–water partition coefficient (Wildman–Crippen LogP) is 2.30. The van der Waals surface area contributed by atoms with Crippen molar-refractivity contribution in [2.24, 2.45) is 11.3 Å². The van der Waals surface area contributed by atoms with Crippen LogP contribution in [0.3, 0.4) is 0 Å². The lowest BCUT2D eigenvalue weighted by Gasteiger charge is -2.40. The largest absolute Gasteiger partial charge is 0.465 e. The van der Waals surface area contributed by atoms with E-state index in [-0.39, 0.29) is 62.0 Å². The maximum Gasteiger partial charge on any atom is 0.407 e. The van der Waals surface area contributed by atoms with Gasteiger partial charge in [0, 0.05) is 38.7 Å². The molecule has 0 unspecified atom stereocenters. The number of nitrogens with one attached hydrogen (secondary N) is 1. The second-order valence-electron chi connectivity index (χ2n) is 13.1. The third-order valence-electron chi connectivity index (χ3n) is 9.05. The minimum absolute atomic E-state index is 0.0347. The van der Waals surface area contributed by atoms with E-state index in [4.69, 9.17) is 23.7 Å². The first-order valence-electron chi connectivity index (χ1n) is 16.0. The highest BCUT2D eigenvalue weighted by molar-refractivity contribution is 7.89. The summed E-state index contributed by atoms with van der Waals surface area (Å²) in [5, 5.41) is 25.4. The number of ether oxygens (including phenoxy) is 5. The molecular weight excluding hydrogens is 646 g/mol. The van der Waals surface area contributed by atoms with Gasteiger partial charge in [0.15, 0.2) is 17.8 Å². The standard InChI is InChI=1S/C33H45N3O11S/c1-33(2,12-13-34-30(38)19-43-3)20-35(48(41,42)23-9-10-28-29(16-23)47-21-46-28)17-27(37)25(15-22-7-5-4-6-8-22)36(32(39)40)26-18-45-31-24(26)11-14-44-31/h4-10,16,24-27,31,37H,11-15,17-21H2,1-3H3,(H,34,38)(H,39,40)/t24-,25-,26-,27+,31+/m0/s1. The minimum Gasteiger partial charge on any atom is -0.465 e. The molecule has 264 valence electrons. The van der Waals surface area contributed by atoms with E-state index >= 15 is 0 Å². The molecular formula is C33H45N3O11S. The molecule has 3 aliphatic rings. The van der Waals surface area contributed by atoms with Gasteiger partial charge in [-0.25, -0.2) is 13.2 Å². The molecule has 5 rings (SSSR count). The van der Waals surface area contributed by atoms with Crippen molar-refractivity contribution in [3.8, 4) is 11.5 Å². The Hall–Kier alpha value is -3.47. The molecule has 48 heavy (non-hydrogen) atoms. The Morgan fingerprint density at radius 2 is 1.85 bits per heavy atom. The summed E-state index contributed by atoms with van der Waals surface area (Å²) in [6.45, 7) is 3.95. The highest BCUT2D eigenvalue weighted by Crippen LogP contribution is 2.38. The van der Waals surface area contributed by atoms with Gasteiger partial charge in [-0.3, -0.25) is 9.69 Å². The van der Waals surface area contributed by atoms with Crippen molar-refractivity contribution in [1.82, 2.24) is 14.5 Å². The van der Waals surface area contributed by atoms with Gasteiger partial charge in [-0.1, -0.05) is 44.2 Å². The average molecular weight is 692 g/mol. The molecule has 0 spiro atoms. The second-order valence-corrected chi connectivity index (χ2v) is 15.1.